The van der Waals surface area contributed by atoms with Gasteiger partial charge in [0.25, 0.3) is 0 Å². The lowest BCUT2D eigenvalue weighted by molar-refractivity contribution is 0.225. The first-order valence-corrected chi connectivity index (χ1v) is 9.46. The van der Waals surface area contributed by atoms with Gasteiger partial charge in [-0.15, -0.1) is 0 Å². The molecule has 138 valence electrons. The molecule has 3 aromatic heterocycles. The molecule has 0 saturated heterocycles. The Balaban J connectivity index is 1.47. The zero-order chi connectivity index (χ0) is 18.5. The van der Waals surface area contributed by atoms with Gasteiger partial charge in [0.05, 0.1) is 23.9 Å². The number of imidazole rings is 1. The van der Waals surface area contributed by atoms with Crippen molar-refractivity contribution in [2.75, 3.05) is 6.54 Å². The summed E-state index contributed by atoms with van der Waals surface area (Å²) in [6, 6.07) is 6.02. The minimum absolute atomic E-state index is 0.229. The zero-order valence-corrected chi connectivity index (χ0v) is 16.1. The van der Waals surface area contributed by atoms with Crippen LogP contribution >= 0.6 is 11.6 Å². The number of fused-ring (bicyclic) bond motifs is 2. The third-order valence-corrected chi connectivity index (χ3v) is 5.77. The Morgan fingerprint density at radius 1 is 1.33 bits per heavy atom. The molecule has 1 aliphatic rings. The number of halogens is 1. The molecule has 0 saturated carbocycles. The quantitative estimate of drug-likeness (QED) is 0.569. The maximum Gasteiger partial charge on any atom is 0.0925 e. The number of nitrogens with one attached hydrogen (secondary N) is 2. The maximum atomic E-state index is 6.18. The largest absolute Gasteiger partial charge is 0.357 e. The summed E-state index contributed by atoms with van der Waals surface area (Å²) < 4.78 is 1.85. The van der Waals surface area contributed by atoms with E-state index >= 15 is 0 Å². The first-order chi connectivity index (χ1) is 13.1. The molecular weight excluding hydrogens is 360 g/mol. The maximum absolute atomic E-state index is 6.18. The number of aromatic nitrogens is 5. The molecule has 1 aliphatic heterocycles. The number of hydrogen-bond donors (Lipinski definition) is 2. The third kappa shape index (κ3) is 2.85. The summed E-state index contributed by atoms with van der Waals surface area (Å²) in [5, 5.41) is 6.32. The van der Waals surface area contributed by atoms with Crippen LogP contribution in [0, 0.1) is 6.92 Å². The lowest BCUT2D eigenvalue weighted by Gasteiger charge is -2.31. The summed E-state index contributed by atoms with van der Waals surface area (Å²) in [7, 11) is 1.95. The number of rotatable bonds is 3. The highest BCUT2D eigenvalue weighted by molar-refractivity contribution is 6.31. The van der Waals surface area contributed by atoms with Gasteiger partial charge in [-0.2, -0.15) is 5.10 Å². The molecule has 2 N–H and O–H groups in total. The molecule has 1 unspecified atom stereocenters. The van der Waals surface area contributed by atoms with Crippen LogP contribution in [0.1, 0.15) is 34.1 Å². The lowest BCUT2D eigenvalue weighted by atomic mass is 9.93. The molecule has 5 rings (SSSR count). The van der Waals surface area contributed by atoms with Gasteiger partial charge in [-0.05, 0) is 30.7 Å². The molecule has 4 heterocycles. The van der Waals surface area contributed by atoms with Crippen molar-refractivity contribution in [2.24, 2.45) is 7.05 Å². The average Bonchev–Trinajstić information content (AvgIpc) is 3.35. The molecule has 0 amide bonds. The molecule has 1 atom stereocenters. The van der Waals surface area contributed by atoms with E-state index in [-0.39, 0.29) is 5.92 Å². The second-order valence-corrected chi connectivity index (χ2v) is 7.79. The lowest BCUT2D eigenvalue weighted by Crippen LogP contribution is -2.34. The van der Waals surface area contributed by atoms with Crippen LogP contribution in [0.5, 0.6) is 0 Å². The molecule has 27 heavy (non-hydrogen) atoms. The second kappa shape index (κ2) is 6.25. The topological polar surface area (TPSA) is 65.5 Å². The summed E-state index contributed by atoms with van der Waals surface area (Å²) in [6.45, 7) is 4.79. The number of aryl methyl sites for hydroxylation is 2. The van der Waals surface area contributed by atoms with Crippen molar-refractivity contribution in [3.8, 4) is 0 Å². The number of aromatic amines is 2. The SMILES string of the molecule is Cc1c(CN2Cc3[nH]cnc3C(c3cnn(C)c3)C2)[nH]c2ccc(Cl)cc12. The Morgan fingerprint density at radius 2 is 2.22 bits per heavy atom. The molecule has 0 bridgehead atoms. The summed E-state index contributed by atoms with van der Waals surface area (Å²) in [4.78, 5) is 13.9. The highest BCUT2D eigenvalue weighted by Crippen LogP contribution is 2.33. The van der Waals surface area contributed by atoms with Gasteiger partial charge in [-0.25, -0.2) is 4.98 Å². The second-order valence-electron chi connectivity index (χ2n) is 7.35. The number of hydrogen-bond acceptors (Lipinski definition) is 3. The fourth-order valence-corrected chi connectivity index (χ4v) is 4.30. The molecule has 4 aromatic rings. The van der Waals surface area contributed by atoms with Gasteiger partial charge in [0.1, 0.15) is 0 Å². The monoisotopic (exact) mass is 380 g/mol. The number of benzene rings is 1. The fraction of sp³-hybridized carbons (Fsp3) is 0.300. The minimum Gasteiger partial charge on any atom is -0.357 e. The molecule has 6 nitrogen and oxygen atoms in total. The Bertz CT molecular complexity index is 1120. The van der Waals surface area contributed by atoms with Crippen LogP contribution in [0.3, 0.4) is 0 Å². The van der Waals surface area contributed by atoms with Crippen molar-refractivity contribution in [2.45, 2.75) is 25.9 Å². The molecule has 0 spiro atoms. The highest BCUT2D eigenvalue weighted by atomic mass is 35.5. The van der Waals surface area contributed by atoms with Gasteiger partial charge in [0.2, 0.25) is 0 Å². The Hall–Kier alpha value is -2.57. The van der Waals surface area contributed by atoms with Crippen molar-refractivity contribution in [1.82, 2.24) is 29.6 Å². The summed E-state index contributed by atoms with van der Waals surface area (Å²) >= 11 is 6.18. The first-order valence-electron chi connectivity index (χ1n) is 9.08. The first kappa shape index (κ1) is 16.6. The van der Waals surface area contributed by atoms with E-state index in [9.17, 15) is 0 Å². The van der Waals surface area contributed by atoms with Gasteiger partial charge in [-0.3, -0.25) is 9.58 Å². The van der Waals surface area contributed by atoms with Gasteiger partial charge in [-0.1, -0.05) is 11.6 Å². The molecule has 1 aromatic carbocycles. The smallest absolute Gasteiger partial charge is 0.0925 e. The van der Waals surface area contributed by atoms with E-state index in [2.05, 4.69) is 44.1 Å². The van der Waals surface area contributed by atoms with Crippen molar-refractivity contribution in [3.63, 3.8) is 0 Å². The van der Waals surface area contributed by atoms with Crippen molar-refractivity contribution in [3.05, 3.63) is 70.2 Å². The van der Waals surface area contributed by atoms with E-state index in [1.807, 2.05) is 30.1 Å². The minimum atomic E-state index is 0.229. The van der Waals surface area contributed by atoms with Crippen LogP contribution < -0.4 is 0 Å². The molecule has 0 radical (unpaired) electrons. The average molecular weight is 381 g/mol. The summed E-state index contributed by atoms with van der Waals surface area (Å²) in [5.74, 6) is 0.229. The van der Waals surface area contributed by atoms with Crippen molar-refractivity contribution >= 4 is 22.5 Å². The van der Waals surface area contributed by atoms with Crippen LogP contribution in [0.15, 0.2) is 36.9 Å². The van der Waals surface area contributed by atoms with Crippen LogP contribution in [-0.2, 0) is 20.1 Å². The van der Waals surface area contributed by atoms with Crippen LogP contribution in [-0.4, -0.2) is 36.2 Å². The van der Waals surface area contributed by atoms with E-state index in [0.29, 0.717) is 0 Å². The third-order valence-electron chi connectivity index (χ3n) is 5.54. The van der Waals surface area contributed by atoms with Gasteiger partial charge in [0, 0.05) is 66.0 Å². The summed E-state index contributed by atoms with van der Waals surface area (Å²) in [6.07, 6.45) is 5.83. The predicted molar refractivity (Wildman–Crippen MR) is 106 cm³/mol. The molecule has 0 aliphatic carbocycles. The van der Waals surface area contributed by atoms with Gasteiger partial charge in [0.15, 0.2) is 0 Å². The zero-order valence-electron chi connectivity index (χ0n) is 15.3. The van der Waals surface area contributed by atoms with E-state index in [0.717, 1.165) is 35.9 Å². The van der Waals surface area contributed by atoms with Gasteiger partial charge >= 0.3 is 0 Å². The molecular formula is C20H21ClN6. The van der Waals surface area contributed by atoms with E-state index in [1.54, 1.807) is 6.33 Å². The Labute approximate surface area is 162 Å². The van der Waals surface area contributed by atoms with Gasteiger partial charge < -0.3 is 9.97 Å². The van der Waals surface area contributed by atoms with Crippen LogP contribution in [0.4, 0.5) is 0 Å². The number of H-pyrrole nitrogens is 2. The standard InChI is InChI=1S/C20H21ClN6/c1-12-15-5-14(21)3-4-17(15)25-18(12)9-27-8-16(13-6-24-26(2)7-13)20-19(10-27)22-11-23-20/h3-7,11,16,25H,8-10H2,1-2H3,(H,22,23). The Kier molecular flexibility index (Phi) is 3.84. The number of nitrogens with zero attached hydrogens (tertiary/aromatic N) is 4. The molecule has 7 heteroatoms. The van der Waals surface area contributed by atoms with E-state index < -0.39 is 0 Å². The van der Waals surface area contributed by atoms with E-state index in [4.69, 9.17) is 11.6 Å². The van der Waals surface area contributed by atoms with Crippen molar-refractivity contribution in [1.29, 1.82) is 0 Å². The van der Waals surface area contributed by atoms with E-state index in [1.165, 1.54) is 27.9 Å². The molecule has 0 fully saturated rings. The van der Waals surface area contributed by atoms with Crippen LogP contribution in [0.2, 0.25) is 5.02 Å². The van der Waals surface area contributed by atoms with Crippen molar-refractivity contribution < 1.29 is 0 Å². The fourth-order valence-electron chi connectivity index (χ4n) is 4.13. The summed E-state index contributed by atoms with van der Waals surface area (Å²) in [5.41, 5.74) is 7.16. The normalized spacial score (nSPS) is 17.5. The highest BCUT2D eigenvalue weighted by Gasteiger charge is 2.30. The Morgan fingerprint density at radius 3 is 3.04 bits per heavy atom. The van der Waals surface area contributed by atoms with Crippen LogP contribution in [0.25, 0.3) is 10.9 Å². The predicted octanol–water partition coefficient (Wildman–Crippen LogP) is 3.73.